The van der Waals surface area contributed by atoms with Gasteiger partial charge in [0.15, 0.2) is 0 Å². The molecule has 0 spiro atoms. The number of nitrogens with one attached hydrogen (secondary N) is 2. The number of terminal acetylenes is 1. The van der Waals surface area contributed by atoms with Crippen LogP contribution in [0.1, 0.15) is 80.8 Å². The van der Waals surface area contributed by atoms with Gasteiger partial charge in [0.2, 0.25) is 0 Å². The molecule has 2 N–H and O–H groups in total. The van der Waals surface area contributed by atoms with Crippen molar-refractivity contribution in [2.45, 2.75) is 73.4 Å². The van der Waals surface area contributed by atoms with Gasteiger partial charge < -0.3 is 10.6 Å². The van der Waals surface area contributed by atoms with Gasteiger partial charge in [0.05, 0.1) is 0 Å². The molecule has 238 valence electrons. The molecule has 2 unspecified atom stereocenters. The zero-order valence-electron chi connectivity index (χ0n) is 28.7. The van der Waals surface area contributed by atoms with Gasteiger partial charge in [-0.2, -0.15) is 66.2 Å². The molecule has 0 aliphatic carbocycles. The molecule has 0 saturated heterocycles. The van der Waals surface area contributed by atoms with E-state index in [1.807, 2.05) is 126 Å². The largest absolute Gasteiger partial charge is 0.349 e. The second kappa shape index (κ2) is 24.3. The second-order valence-electron chi connectivity index (χ2n) is 11.1. The monoisotopic (exact) mass is 774 g/mol. The third kappa shape index (κ3) is 16.7. The predicted molar refractivity (Wildman–Crippen MR) is 186 cm³/mol. The van der Waals surface area contributed by atoms with Gasteiger partial charge in [-0.25, -0.2) is 0 Å². The number of hydrogen-bond acceptors (Lipinski definition) is 2. The molecule has 2 radical (unpaired) electrons. The van der Waals surface area contributed by atoms with Crippen molar-refractivity contribution in [3.63, 3.8) is 0 Å². The van der Waals surface area contributed by atoms with Gasteiger partial charge in [0, 0.05) is 101 Å². The summed E-state index contributed by atoms with van der Waals surface area (Å²) in [4.78, 5) is 24.4. The average molecular weight is 775 g/mol. The van der Waals surface area contributed by atoms with Crippen molar-refractivity contribution < 1.29 is 75.0 Å². The summed E-state index contributed by atoms with van der Waals surface area (Å²) in [5, 5.41) is 5.91. The van der Waals surface area contributed by atoms with Crippen molar-refractivity contribution in [3.8, 4) is 24.2 Å². The Kier molecular flexibility index (Phi) is 22.8. The second-order valence-corrected chi connectivity index (χ2v) is 11.1. The molecule has 4 aromatic carbocycles. The first kappa shape index (κ1) is 44.1. The Hall–Kier alpha value is -2.85. The van der Waals surface area contributed by atoms with Crippen LogP contribution in [-0.4, -0.2) is 23.9 Å². The Morgan fingerprint density at radius 1 is 0.660 bits per heavy atom. The van der Waals surface area contributed by atoms with E-state index in [0.29, 0.717) is 12.8 Å². The maximum Gasteiger partial charge on any atom is 0.252 e. The van der Waals surface area contributed by atoms with Gasteiger partial charge in [-0.3, -0.25) is 9.59 Å². The minimum atomic E-state index is -0.0432. The number of aryl methyl sites for hydroxylation is 5. The zero-order chi connectivity index (χ0) is 33.2. The van der Waals surface area contributed by atoms with E-state index >= 15 is 0 Å². The summed E-state index contributed by atoms with van der Waals surface area (Å²) in [6, 6.07) is 33.0. The molecule has 0 aromatic heterocycles. The fourth-order valence-electron chi connectivity index (χ4n) is 4.46. The number of carbonyl (C=O) groups is 2. The van der Waals surface area contributed by atoms with Gasteiger partial charge in [0.1, 0.15) is 0 Å². The molecule has 4 rings (SSSR count). The molecule has 2 atom stereocenters. The van der Waals surface area contributed by atoms with Crippen LogP contribution in [0, 0.1) is 70.9 Å². The third-order valence-electron chi connectivity index (χ3n) is 6.84. The number of rotatable bonds is 6. The minimum Gasteiger partial charge on any atom is -0.349 e. The minimum absolute atomic E-state index is 0. The Morgan fingerprint density at radius 3 is 1.40 bits per heavy atom. The van der Waals surface area contributed by atoms with Crippen LogP contribution in [0.4, 0.5) is 0 Å². The van der Waals surface area contributed by atoms with Crippen LogP contribution in [0.25, 0.3) is 0 Å². The quantitative estimate of drug-likeness (QED) is 0.155. The molecule has 4 aromatic rings. The standard InChI is InChI=1S/C20H20NO.C14H17NO.C7H7.2Y/c1-15-9-7-10-16(2)19(15)20(22)21-17(3)11-8-14-18-12-5-4-6-13-18;1-5-7-12(4)15-14(16)13-10(2)8-6-9-11(13)3;1-7-5-3-2-4-6-7;;/h5-7,9-10,12-13,17H,11H2,1-3H3,(H,21,22);1,6,8-9,12H,7H2,2-4H3,(H,15,16);3-6H,1H3;;/q-1;;-1;;. The molecular weight excluding hydrogens is 730 g/mol. The van der Waals surface area contributed by atoms with E-state index in [2.05, 4.69) is 47.5 Å². The van der Waals surface area contributed by atoms with E-state index in [4.69, 9.17) is 6.42 Å². The number of benzene rings is 4. The number of carbonyl (C=O) groups excluding carboxylic acids is 2. The normalized spacial score (nSPS) is 10.5. The maximum absolute atomic E-state index is 12.4. The maximum atomic E-state index is 12.4. The summed E-state index contributed by atoms with van der Waals surface area (Å²) in [6.07, 6.45) is 6.37. The van der Waals surface area contributed by atoms with Crippen molar-refractivity contribution in [1.82, 2.24) is 10.6 Å². The summed E-state index contributed by atoms with van der Waals surface area (Å²) in [7, 11) is 0. The van der Waals surface area contributed by atoms with E-state index in [1.54, 1.807) is 0 Å². The van der Waals surface area contributed by atoms with Crippen LogP contribution in [0.2, 0.25) is 0 Å². The SMILES string of the molecule is C#CCC(C)NC(=O)c1c(C)cccc1C.Cc1cc[c-]cc1.Cc1cccc(C)c1C(=O)NC(C)CC#Cc1cc[c-]cc1.[Y].[Y]. The first-order chi connectivity index (χ1) is 21.5. The molecule has 0 heterocycles. The van der Waals surface area contributed by atoms with Gasteiger partial charge >= 0.3 is 0 Å². The summed E-state index contributed by atoms with van der Waals surface area (Å²) in [6.45, 7) is 13.7. The van der Waals surface area contributed by atoms with Crippen molar-refractivity contribution in [3.05, 3.63) is 142 Å². The van der Waals surface area contributed by atoms with E-state index in [1.165, 1.54) is 5.56 Å². The molecule has 0 bridgehead atoms. The van der Waals surface area contributed by atoms with Crippen LogP contribution >= 0.6 is 0 Å². The Labute approximate surface area is 333 Å². The smallest absolute Gasteiger partial charge is 0.252 e. The molecular formula is C41H44N2O2Y2-2. The molecule has 6 heteroatoms. The molecule has 0 saturated carbocycles. The van der Waals surface area contributed by atoms with Crippen LogP contribution in [0.5, 0.6) is 0 Å². The van der Waals surface area contributed by atoms with Crippen molar-refractivity contribution in [2.75, 3.05) is 0 Å². The fourth-order valence-corrected chi connectivity index (χ4v) is 4.46. The van der Waals surface area contributed by atoms with Gasteiger partial charge in [-0.1, -0.05) is 60.7 Å². The van der Waals surface area contributed by atoms with Crippen LogP contribution < -0.4 is 10.6 Å². The first-order valence-corrected chi connectivity index (χ1v) is 15.1. The summed E-state index contributed by atoms with van der Waals surface area (Å²) >= 11 is 0. The summed E-state index contributed by atoms with van der Waals surface area (Å²) < 4.78 is 0. The van der Waals surface area contributed by atoms with Crippen molar-refractivity contribution in [2.24, 2.45) is 0 Å². The number of amides is 2. The van der Waals surface area contributed by atoms with Gasteiger partial charge in [-0.15, -0.1) is 12.3 Å². The Morgan fingerprint density at radius 2 is 1.04 bits per heavy atom. The van der Waals surface area contributed by atoms with Crippen LogP contribution in [0.3, 0.4) is 0 Å². The fraction of sp³-hybridized carbons (Fsp3) is 0.268. The number of hydrogen-bond donors (Lipinski definition) is 2. The first-order valence-electron chi connectivity index (χ1n) is 15.1. The topological polar surface area (TPSA) is 58.2 Å². The Balaban J connectivity index is 0.000000741. The van der Waals surface area contributed by atoms with Crippen LogP contribution in [0.15, 0.2) is 84.9 Å². The molecule has 0 aliphatic heterocycles. The van der Waals surface area contributed by atoms with Gasteiger partial charge in [0.25, 0.3) is 11.8 Å². The third-order valence-corrected chi connectivity index (χ3v) is 6.84. The molecule has 47 heavy (non-hydrogen) atoms. The average Bonchev–Trinajstić information content (AvgIpc) is 2.99. The van der Waals surface area contributed by atoms with E-state index in [0.717, 1.165) is 38.9 Å². The molecule has 2 amide bonds. The predicted octanol–water partition coefficient (Wildman–Crippen LogP) is 7.90. The van der Waals surface area contributed by atoms with Crippen molar-refractivity contribution >= 4 is 11.8 Å². The molecule has 4 nitrogen and oxygen atoms in total. The van der Waals surface area contributed by atoms with Crippen LogP contribution in [-0.2, 0) is 65.4 Å². The van der Waals surface area contributed by atoms with E-state index in [-0.39, 0.29) is 89.3 Å². The molecule has 0 aliphatic rings. The summed E-state index contributed by atoms with van der Waals surface area (Å²) in [5.74, 6) is 8.67. The van der Waals surface area contributed by atoms with Gasteiger partial charge in [-0.05, 0) is 63.8 Å². The van der Waals surface area contributed by atoms with Crippen molar-refractivity contribution in [1.29, 1.82) is 0 Å². The zero-order valence-corrected chi connectivity index (χ0v) is 34.4. The van der Waals surface area contributed by atoms with E-state index < -0.39 is 0 Å². The summed E-state index contributed by atoms with van der Waals surface area (Å²) in [5.41, 5.74) is 7.75. The Bertz CT molecular complexity index is 1590. The molecule has 0 fully saturated rings. The van der Waals surface area contributed by atoms with E-state index in [9.17, 15) is 9.59 Å².